The molecule has 0 aromatic rings. The minimum absolute atomic E-state index is 0.709. The van der Waals surface area contributed by atoms with E-state index in [1.54, 1.807) is 0 Å². The summed E-state index contributed by atoms with van der Waals surface area (Å²) < 4.78 is 0. The highest BCUT2D eigenvalue weighted by Gasteiger charge is 2.38. The third-order valence-electron chi connectivity index (χ3n) is 5.48. The zero-order chi connectivity index (χ0) is 13.4. The van der Waals surface area contributed by atoms with E-state index in [1.807, 2.05) is 0 Å². The fourth-order valence-corrected chi connectivity index (χ4v) is 4.34. The summed E-state index contributed by atoms with van der Waals surface area (Å²) in [5.74, 6) is 6.92. The Balaban J connectivity index is 1.61. The number of fused-ring (bicyclic) bond motifs is 4. The maximum absolute atomic E-state index is 6.11. The maximum atomic E-state index is 6.11. The summed E-state index contributed by atoms with van der Waals surface area (Å²) in [7, 11) is 0. The second-order valence-corrected chi connectivity index (χ2v) is 7.11. The molecule has 0 aromatic carbocycles. The Kier molecular flexibility index (Phi) is 4.13. The van der Waals surface area contributed by atoms with Crippen LogP contribution in [0.1, 0.15) is 39.5 Å². The van der Waals surface area contributed by atoms with Gasteiger partial charge in [0.15, 0.2) is 0 Å². The number of rotatable bonds is 2. The standard InChI is InChI=1S/C15H30N4/c1-12(2)17-7-5-14(6-8-17)19-10-13-3-4-15(19)11-18(16)9-13/h12-15H,3-11,16H2,1-2H3. The molecular weight excluding hydrogens is 236 g/mol. The molecule has 0 aliphatic carbocycles. The lowest BCUT2D eigenvalue weighted by molar-refractivity contribution is 0.0355. The first-order chi connectivity index (χ1) is 9.13. The van der Waals surface area contributed by atoms with E-state index in [1.165, 1.54) is 45.3 Å². The van der Waals surface area contributed by atoms with Crippen molar-refractivity contribution in [1.82, 2.24) is 14.8 Å². The first-order valence-electron chi connectivity index (χ1n) is 8.13. The van der Waals surface area contributed by atoms with Crippen LogP contribution in [0.25, 0.3) is 0 Å². The summed E-state index contributed by atoms with van der Waals surface area (Å²) in [5.41, 5.74) is 0. The number of nitrogens with two attached hydrogens (primary N) is 1. The van der Waals surface area contributed by atoms with E-state index in [0.717, 1.165) is 31.1 Å². The Morgan fingerprint density at radius 1 is 0.895 bits per heavy atom. The SMILES string of the molecule is CC(C)N1CCC(N2CC3CCC2CN(N)C3)CC1. The van der Waals surface area contributed by atoms with Crippen LogP contribution in [0.15, 0.2) is 0 Å². The summed E-state index contributed by atoms with van der Waals surface area (Å²) in [5, 5.41) is 2.07. The fourth-order valence-electron chi connectivity index (χ4n) is 4.34. The van der Waals surface area contributed by atoms with Gasteiger partial charge in [-0.05, 0) is 58.5 Å². The Bertz CT molecular complexity index is 299. The van der Waals surface area contributed by atoms with Gasteiger partial charge in [0, 0.05) is 37.8 Å². The lowest BCUT2D eigenvalue weighted by atomic mass is 9.90. The second-order valence-electron chi connectivity index (χ2n) is 7.11. The van der Waals surface area contributed by atoms with Crippen LogP contribution in [-0.2, 0) is 0 Å². The summed E-state index contributed by atoms with van der Waals surface area (Å²) in [6, 6.07) is 2.25. The first-order valence-corrected chi connectivity index (χ1v) is 8.13. The average Bonchev–Trinajstić information content (AvgIpc) is 2.67. The topological polar surface area (TPSA) is 35.7 Å². The maximum Gasteiger partial charge on any atom is 0.0285 e. The van der Waals surface area contributed by atoms with E-state index in [-0.39, 0.29) is 0 Å². The van der Waals surface area contributed by atoms with Crippen molar-refractivity contribution in [2.24, 2.45) is 11.8 Å². The van der Waals surface area contributed by atoms with Crippen LogP contribution in [-0.4, -0.2) is 65.7 Å². The normalized spacial score (nSPS) is 36.0. The van der Waals surface area contributed by atoms with Gasteiger partial charge in [-0.3, -0.25) is 10.7 Å². The second kappa shape index (κ2) is 5.68. The molecule has 4 fully saturated rings. The van der Waals surface area contributed by atoms with Crippen molar-refractivity contribution in [2.75, 3.05) is 32.7 Å². The monoisotopic (exact) mass is 266 g/mol. The van der Waals surface area contributed by atoms with Gasteiger partial charge in [0.05, 0.1) is 0 Å². The molecule has 0 aromatic heterocycles. The molecular formula is C15H30N4. The molecule has 4 heteroatoms. The lowest BCUT2D eigenvalue weighted by Gasteiger charge is -2.45. The molecule has 4 nitrogen and oxygen atoms in total. The summed E-state index contributed by atoms with van der Waals surface area (Å²) in [6.45, 7) is 10.7. The third kappa shape index (κ3) is 2.97. The first kappa shape index (κ1) is 13.8. The van der Waals surface area contributed by atoms with Crippen LogP contribution < -0.4 is 5.84 Å². The predicted octanol–water partition coefficient (Wildman–Crippen LogP) is 1.13. The van der Waals surface area contributed by atoms with Crippen molar-refractivity contribution in [2.45, 2.75) is 57.7 Å². The number of hydrogen-bond donors (Lipinski definition) is 1. The van der Waals surface area contributed by atoms with Gasteiger partial charge in [-0.1, -0.05) is 0 Å². The molecule has 0 amide bonds. The number of likely N-dealkylation sites (tertiary alicyclic amines) is 1. The van der Waals surface area contributed by atoms with E-state index in [9.17, 15) is 0 Å². The van der Waals surface area contributed by atoms with Crippen molar-refractivity contribution in [3.8, 4) is 0 Å². The highest BCUT2D eigenvalue weighted by Crippen LogP contribution is 2.31. The highest BCUT2D eigenvalue weighted by molar-refractivity contribution is 4.93. The van der Waals surface area contributed by atoms with E-state index >= 15 is 0 Å². The zero-order valence-corrected chi connectivity index (χ0v) is 12.6. The molecule has 2 unspecified atom stereocenters. The smallest absolute Gasteiger partial charge is 0.0285 e. The minimum Gasteiger partial charge on any atom is -0.301 e. The van der Waals surface area contributed by atoms with Crippen molar-refractivity contribution in [3.05, 3.63) is 0 Å². The van der Waals surface area contributed by atoms with Gasteiger partial charge in [-0.25, -0.2) is 5.01 Å². The Morgan fingerprint density at radius 2 is 1.63 bits per heavy atom. The molecule has 0 spiro atoms. The number of hydrogen-bond acceptors (Lipinski definition) is 4. The molecule has 0 saturated carbocycles. The van der Waals surface area contributed by atoms with Crippen LogP contribution in [0.5, 0.6) is 0 Å². The molecule has 110 valence electrons. The summed E-state index contributed by atoms with van der Waals surface area (Å²) in [6.07, 6.45) is 5.46. The Labute approximate surface area is 117 Å². The van der Waals surface area contributed by atoms with Crippen LogP contribution in [0.3, 0.4) is 0 Å². The third-order valence-corrected chi connectivity index (χ3v) is 5.48. The van der Waals surface area contributed by atoms with E-state index in [0.29, 0.717) is 6.04 Å². The van der Waals surface area contributed by atoms with Gasteiger partial charge in [0.25, 0.3) is 0 Å². The van der Waals surface area contributed by atoms with Crippen molar-refractivity contribution in [1.29, 1.82) is 0 Å². The molecule has 4 aliphatic rings. The van der Waals surface area contributed by atoms with Gasteiger partial charge in [0.2, 0.25) is 0 Å². The fraction of sp³-hybridized carbons (Fsp3) is 1.00. The molecule has 2 N–H and O–H groups in total. The van der Waals surface area contributed by atoms with Crippen molar-refractivity contribution >= 4 is 0 Å². The molecule has 4 aliphatic heterocycles. The van der Waals surface area contributed by atoms with Gasteiger partial charge >= 0.3 is 0 Å². The summed E-state index contributed by atoms with van der Waals surface area (Å²) in [4.78, 5) is 5.44. The van der Waals surface area contributed by atoms with Crippen LogP contribution in [0, 0.1) is 5.92 Å². The molecule has 2 atom stereocenters. The minimum atomic E-state index is 0.709. The van der Waals surface area contributed by atoms with Crippen LogP contribution >= 0.6 is 0 Å². The molecule has 4 saturated heterocycles. The average molecular weight is 266 g/mol. The van der Waals surface area contributed by atoms with Crippen LogP contribution in [0.2, 0.25) is 0 Å². The highest BCUT2D eigenvalue weighted by atomic mass is 15.4. The van der Waals surface area contributed by atoms with E-state index in [2.05, 4.69) is 28.7 Å². The van der Waals surface area contributed by atoms with Crippen LogP contribution in [0.4, 0.5) is 0 Å². The van der Waals surface area contributed by atoms with Crippen molar-refractivity contribution < 1.29 is 0 Å². The van der Waals surface area contributed by atoms with E-state index in [4.69, 9.17) is 5.84 Å². The zero-order valence-electron chi connectivity index (χ0n) is 12.6. The van der Waals surface area contributed by atoms with Gasteiger partial charge < -0.3 is 4.90 Å². The Morgan fingerprint density at radius 3 is 2.32 bits per heavy atom. The van der Waals surface area contributed by atoms with Gasteiger partial charge in [0.1, 0.15) is 0 Å². The quantitative estimate of drug-likeness (QED) is 0.760. The molecule has 2 bridgehead atoms. The van der Waals surface area contributed by atoms with E-state index < -0.39 is 0 Å². The van der Waals surface area contributed by atoms with Gasteiger partial charge in [-0.15, -0.1) is 0 Å². The molecule has 4 rings (SSSR count). The Hall–Kier alpha value is -0.160. The predicted molar refractivity (Wildman–Crippen MR) is 78.7 cm³/mol. The van der Waals surface area contributed by atoms with Crippen molar-refractivity contribution in [3.63, 3.8) is 0 Å². The lowest BCUT2D eigenvalue weighted by Crippen LogP contribution is -2.54. The molecule has 4 heterocycles. The summed E-state index contributed by atoms with van der Waals surface area (Å²) >= 11 is 0. The van der Waals surface area contributed by atoms with Gasteiger partial charge in [-0.2, -0.15) is 0 Å². The molecule has 19 heavy (non-hydrogen) atoms. The number of piperidine rings is 2. The number of nitrogens with zero attached hydrogens (tertiary/aromatic N) is 3. The largest absolute Gasteiger partial charge is 0.301 e. The number of hydrazine groups is 1. The molecule has 0 radical (unpaired) electrons.